The lowest BCUT2D eigenvalue weighted by atomic mass is 10.1. The third-order valence-electron chi connectivity index (χ3n) is 4.47. The molecule has 108 valence electrons. The Kier molecular flexibility index (Phi) is 3.74. The van der Waals surface area contributed by atoms with E-state index in [9.17, 15) is 0 Å². The second kappa shape index (κ2) is 5.52. The van der Waals surface area contributed by atoms with Crippen LogP contribution in [0.3, 0.4) is 0 Å². The van der Waals surface area contributed by atoms with E-state index in [4.69, 9.17) is 9.97 Å². The number of nitrogens with zero attached hydrogens (tertiary/aromatic N) is 4. The second-order valence-corrected chi connectivity index (χ2v) is 6.02. The van der Waals surface area contributed by atoms with Crippen LogP contribution >= 0.6 is 0 Å². The minimum absolute atomic E-state index is 0.947. The minimum Gasteiger partial charge on any atom is -0.356 e. The van der Waals surface area contributed by atoms with Gasteiger partial charge in [-0.3, -0.25) is 0 Å². The fourth-order valence-electron chi connectivity index (χ4n) is 2.97. The van der Waals surface area contributed by atoms with Crippen LogP contribution < -0.4 is 4.90 Å². The van der Waals surface area contributed by atoms with Crippen LogP contribution in [0.1, 0.15) is 36.3 Å². The van der Waals surface area contributed by atoms with Gasteiger partial charge in [-0.1, -0.05) is 6.08 Å². The maximum atomic E-state index is 4.89. The number of hydrogen-bond donors (Lipinski definition) is 0. The van der Waals surface area contributed by atoms with E-state index < -0.39 is 0 Å². The molecule has 0 radical (unpaired) electrons. The Balaban J connectivity index is 1.96. The smallest absolute Gasteiger partial charge is 0.157 e. The highest BCUT2D eigenvalue weighted by molar-refractivity contribution is 5.64. The Bertz CT molecular complexity index is 530. The highest BCUT2D eigenvalue weighted by Crippen LogP contribution is 2.27. The van der Waals surface area contributed by atoms with Crippen molar-refractivity contribution >= 4 is 11.4 Å². The largest absolute Gasteiger partial charge is 0.356 e. The van der Waals surface area contributed by atoms with Crippen LogP contribution in [0.15, 0.2) is 6.08 Å². The third-order valence-corrected chi connectivity index (χ3v) is 4.47. The van der Waals surface area contributed by atoms with Gasteiger partial charge in [-0.2, -0.15) is 0 Å². The topological polar surface area (TPSA) is 32.3 Å². The fraction of sp³-hybridized carbons (Fsp3) is 0.625. The summed E-state index contributed by atoms with van der Waals surface area (Å²) in [5.41, 5.74) is 3.67. The van der Waals surface area contributed by atoms with Gasteiger partial charge < -0.3 is 9.80 Å². The molecule has 0 bridgehead atoms. The molecule has 0 aliphatic carbocycles. The Morgan fingerprint density at radius 2 is 1.80 bits per heavy atom. The molecule has 4 heteroatoms. The zero-order chi connectivity index (χ0) is 14.1. The van der Waals surface area contributed by atoms with Crippen LogP contribution in [0, 0.1) is 13.8 Å². The molecule has 3 rings (SSSR count). The molecule has 4 nitrogen and oxygen atoms in total. The normalized spacial score (nSPS) is 20.4. The van der Waals surface area contributed by atoms with Crippen molar-refractivity contribution in [3.8, 4) is 0 Å². The summed E-state index contributed by atoms with van der Waals surface area (Å²) in [6.07, 6.45) is 5.90. The number of likely N-dealkylation sites (N-methyl/N-ethyl adjacent to an activating group) is 1. The summed E-state index contributed by atoms with van der Waals surface area (Å²) in [6, 6.07) is 0. The van der Waals surface area contributed by atoms with E-state index in [1.54, 1.807) is 0 Å². The molecule has 0 aromatic carbocycles. The maximum absolute atomic E-state index is 4.89. The lowest BCUT2D eigenvalue weighted by Gasteiger charge is -2.24. The molecular formula is C16H24N4. The summed E-state index contributed by atoms with van der Waals surface area (Å²) >= 11 is 0. The van der Waals surface area contributed by atoms with Crippen LogP contribution in [0.2, 0.25) is 0 Å². The molecule has 1 aromatic heterocycles. The zero-order valence-corrected chi connectivity index (χ0v) is 12.8. The Morgan fingerprint density at radius 1 is 1.05 bits per heavy atom. The van der Waals surface area contributed by atoms with Gasteiger partial charge in [0, 0.05) is 37.4 Å². The van der Waals surface area contributed by atoms with Crippen LogP contribution in [0.5, 0.6) is 0 Å². The Morgan fingerprint density at radius 3 is 2.45 bits per heavy atom. The molecule has 0 atom stereocenters. The van der Waals surface area contributed by atoms with Crippen molar-refractivity contribution in [1.29, 1.82) is 0 Å². The predicted octanol–water partition coefficient (Wildman–Crippen LogP) is 2.41. The average molecular weight is 272 g/mol. The van der Waals surface area contributed by atoms with Crippen LogP contribution in [0.25, 0.3) is 5.57 Å². The van der Waals surface area contributed by atoms with E-state index in [-0.39, 0.29) is 0 Å². The number of hydrogen-bond acceptors (Lipinski definition) is 4. The van der Waals surface area contributed by atoms with Crippen molar-refractivity contribution in [2.75, 3.05) is 38.1 Å². The van der Waals surface area contributed by atoms with Gasteiger partial charge in [0.15, 0.2) is 5.82 Å². The third kappa shape index (κ3) is 2.57. The van der Waals surface area contributed by atoms with Gasteiger partial charge in [0.05, 0.1) is 0 Å². The highest BCUT2D eigenvalue weighted by Gasteiger charge is 2.20. The second-order valence-electron chi connectivity index (χ2n) is 6.02. The number of rotatable bonds is 2. The summed E-state index contributed by atoms with van der Waals surface area (Å²) in [6.45, 7) is 8.63. The molecule has 0 amide bonds. The fourth-order valence-corrected chi connectivity index (χ4v) is 2.97. The lowest BCUT2D eigenvalue weighted by molar-refractivity contribution is 0.369. The van der Waals surface area contributed by atoms with Gasteiger partial charge in [0.25, 0.3) is 0 Å². The summed E-state index contributed by atoms with van der Waals surface area (Å²) in [5, 5.41) is 0. The van der Waals surface area contributed by atoms with Gasteiger partial charge >= 0.3 is 0 Å². The molecule has 1 saturated heterocycles. The van der Waals surface area contributed by atoms with Crippen LogP contribution in [-0.4, -0.2) is 48.1 Å². The Labute approximate surface area is 121 Å². The van der Waals surface area contributed by atoms with Crippen LogP contribution in [-0.2, 0) is 0 Å². The van der Waals surface area contributed by atoms with E-state index in [2.05, 4.69) is 36.8 Å². The SMILES string of the molecule is Cc1nc(C2=CCN(C)CC2)nc(N2CCCC2)c1C. The number of aryl methyl sites for hydroxylation is 1. The van der Waals surface area contributed by atoms with E-state index in [0.717, 1.165) is 49.9 Å². The minimum atomic E-state index is 0.947. The number of aromatic nitrogens is 2. The quantitative estimate of drug-likeness (QED) is 0.827. The predicted molar refractivity (Wildman–Crippen MR) is 83.0 cm³/mol. The average Bonchev–Trinajstić information content (AvgIpc) is 2.96. The van der Waals surface area contributed by atoms with E-state index in [1.807, 2.05) is 0 Å². The van der Waals surface area contributed by atoms with E-state index in [1.165, 1.54) is 24.0 Å². The molecule has 2 aliphatic heterocycles. The van der Waals surface area contributed by atoms with Crippen molar-refractivity contribution in [2.45, 2.75) is 33.1 Å². The van der Waals surface area contributed by atoms with Crippen molar-refractivity contribution in [3.63, 3.8) is 0 Å². The van der Waals surface area contributed by atoms with Gasteiger partial charge in [0.1, 0.15) is 5.82 Å². The summed E-state index contributed by atoms with van der Waals surface area (Å²) in [5.74, 6) is 2.10. The monoisotopic (exact) mass is 272 g/mol. The molecule has 0 saturated carbocycles. The lowest BCUT2D eigenvalue weighted by Crippen LogP contribution is -2.25. The molecule has 0 N–H and O–H groups in total. The molecule has 20 heavy (non-hydrogen) atoms. The Hall–Kier alpha value is -1.42. The molecule has 2 aliphatic rings. The molecule has 0 spiro atoms. The van der Waals surface area contributed by atoms with Gasteiger partial charge in [-0.15, -0.1) is 0 Å². The van der Waals surface area contributed by atoms with E-state index in [0.29, 0.717) is 0 Å². The summed E-state index contributed by atoms with van der Waals surface area (Å²) in [4.78, 5) is 14.4. The molecule has 0 unspecified atom stereocenters. The molecule has 1 aromatic rings. The zero-order valence-electron chi connectivity index (χ0n) is 12.8. The molecule has 3 heterocycles. The van der Waals surface area contributed by atoms with Crippen molar-refractivity contribution in [1.82, 2.24) is 14.9 Å². The van der Waals surface area contributed by atoms with Gasteiger partial charge in [0.2, 0.25) is 0 Å². The summed E-state index contributed by atoms with van der Waals surface area (Å²) < 4.78 is 0. The highest BCUT2D eigenvalue weighted by atomic mass is 15.2. The number of anilines is 1. The van der Waals surface area contributed by atoms with E-state index >= 15 is 0 Å². The first kappa shape index (κ1) is 13.6. The first-order chi connectivity index (χ1) is 9.65. The van der Waals surface area contributed by atoms with Gasteiger partial charge in [-0.25, -0.2) is 9.97 Å². The maximum Gasteiger partial charge on any atom is 0.157 e. The van der Waals surface area contributed by atoms with Gasteiger partial charge in [-0.05, 0) is 45.7 Å². The van der Waals surface area contributed by atoms with Crippen molar-refractivity contribution in [2.24, 2.45) is 0 Å². The van der Waals surface area contributed by atoms with Crippen molar-refractivity contribution in [3.05, 3.63) is 23.2 Å². The van der Waals surface area contributed by atoms with Crippen molar-refractivity contribution < 1.29 is 0 Å². The van der Waals surface area contributed by atoms with Crippen LogP contribution in [0.4, 0.5) is 5.82 Å². The standard InChI is InChI=1S/C16H24N4/c1-12-13(2)17-15(14-6-10-19(3)11-7-14)18-16(12)20-8-4-5-9-20/h6H,4-5,7-11H2,1-3H3. The first-order valence-electron chi connectivity index (χ1n) is 7.63. The first-order valence-corrected chi connectivity index (χ1v) is 7.63. The molecular weight excluding hydrogens is 248 g/mol. The molecule has 1 fully saturated rings. The summed E-state index contributed by atoms with van der Waals surface area (Å²) in [7, 11) is 2.16.